The first-order valence-electron chi connectivity index (χ1n) is 3.95. The van der Waals surface area contributed by atoms with Crippen LogP contribution in [0.2, 0.25) is 0 Å². The van der Waals surface area contributed by atoms with Crippen molar-refractivity contribution >= 4 is 11.8 Å². The molecule has 4 nitrogen and oxygen atoms in total. The van der Waals surface area contributed by atoms with Gasteiger partial charge in [-0.15, -0.1) is 0 Å². The van der Waals surface area contributed by atoms with E-state index < -0.39 is 5.97 Å². The highest BCUT2D eigenvalue weighted by Gasteiger charge is 2.25. The number of hydrogen-bond donors (Lipinski definition) is 0. The van der Waals surface area contributed by atoms with Crippen LogP contribution < -0.4 is 0 Å². The number of methoxy groups -OCH3 is 1. The largest absolute Gasteiger partial charge is 0.469 e. The summed E-state index contributed by atoms with van der Waals surface area (Å²) in [5.74, 6) is -0.658. The van der Waals surface area contributed by atoms with E-state index in [1.165, 1.54) is 7.11 Å². The number of esters is 1. The molecule has 1 saturated heterocycles. The number of hydrogen-bond acceptors (Lipinski definition) is 4. The summed E-state index contributed by atoms with van der Waals surface area (Å²) >= 11 is 0. The van der Waals surface area contributed by atoms with Crippen molar-refractivity contribution in [1.29, 1.82) is 0 Å². The average Bonchev–Trinajstić information content (AvgIpc) is 2.56. The Labute approximate surface area is 70.8 Å². The molecule has 0 aliphatic carbocycles. The molecule has 1 fully saturated rings. The van der Waals surface area contributed by atoms with Gasteiger partial charge in [0, 0.05) is 6.61 Å². The first-order chi connectivity index (χ1) is 5.74. The zero-order valence-corrected chi connectivity index (χ0v) is 7.04. The van der Waals surface area contributed by atoms with E-state index >= 15 is 0 Å². The zero-order valence-electron chi connectivity index (χ0n) is 7.04. The van der Waals surface area contributed by atoms with Gasteiger partial charge in [-0.3, -0.25) is 9.59 Å². The third kappa shape index (κ3) is 2.30. The van der Waals surface area contributed by atoms with Gasteiger partial charge in [0.25, 0.3) is 0 Å². The van der Waals surface area contributed by atoms with Gasteiger partial charge in [0.15, 0.2) is 5.78 Å². The maximum Gasteiger partial charge on any atom is 0.313 e. The van der Waals surface area contributed by atoms with Gasteiger partial charge in [-0.05, 0) is 12.8 Å². The van der Waals surface area contributed by atoms with Gasteiger partial charge < -0.3 is 9.47 Å². The highest BCUT2D eigenvalue weighted by atomic mass is 16.5. The summed E-state index contributed by atoms with van der Waals surface area (Å²) in [7, 11) is 1.27. The highest BCUT2D eigenvalue weighted by Crippen LogP contribution is 2.14. The summed E-state index contributed by atoms with van der Waals surface area (Å²) in [6.45, 7) is 0.623. The van der Waals surface area contributed by atoms with Gasteiger partial charge in [-0.2, -0.15) is 0 Å². The SMILES string of the molecule is COC(=O)CC(=O)[C@H]1CCCO1. The second-order valence-electron chi connectivity index (χ2n) is 2.72. The molecule has 12 heavy (non-hydrogen) atoms. The zero-order chi connectivity index (χ0) is 8.97. The Morgan fingerprint density at radius 2 is 2.33 bits per heavy atom. The van der Waals surface area contributed by atoms with Crippen molar-refractivity contribution in [3.05, 3.63) is 0 Å². The fourth-order valence-electron chi connectivity index (χ4n) is 1.16. The first kappa shape index (κ1) is 9.19. The van der Waals surface area contributed by atoms with E-state index in [-0.39, 0.29) is 18.3 Å². The van der Waals surface area contributed by atoms with E-state index in [2.05, 4.69) is 4.74 Å². The Morgan fingerprint density at radius 1 is 1.58 bits per heavy atom. The van der Waals surface area contributed by atoms with Crippen molar-refractivity contribution in [2.45, 2.75) is 25.4 Å². The van der Waals surface area contributed by atoms with Crippen LogP contribution in [0.5, 0.6) is 0 Å². The highest BCUT2D eigenvalue weighted by molar-refractivity contribution is 5.98. The summed E-state index contributed by atoms with van der Waals surface area (Å²) < 4.78 is 9.47. The molecule has 0 amide bonds. The maximum absolute atomic E-state index is 11.2. The lowest BCUT2D eigenvalue weighted by molar-refractivity contribution is -0.145. The van der Waals surface area contributed by atoms with Crippen LogP contribution in [-0.2, 0) is 19.1 Å². The predicted molar refractivity (Wildman–Crippen MR) is 40.6 cm³/mol. The minimum absolute atomic E-state index is 0.166. The molecule has 0 spiro atoms. The number of ether oxygens (including phenoxy) is 2. The summed E-state index contributed by atoms with van der Waals surface area (Å²) in [6, 6.07) is 0. The van der Waals surface area contributed by atoms with Crippen molar-refractivity contribution in [2.24, 2.45) is 0 Å². The third-order valence-corrected chi connectivity index (χ3v) is 1.84. The van der Waals surface area contributed by atoms with Crippen molar-refractivity contribution in [3.8, 4) is 0 Å². The number of carbonyl (C=O) groups is 2. The molecule has 1 heterocycles. The molecular weight excluding hydrogens is 160 g/mol. The molecule has 4 heteroatoms. The van der Waals surface area contributed by atoms with Gasteiger partial charge in [0.2, 0.25) is 0 Å². The van der Waals surface area contributed by atoms with Crippen LogP contribution in [0.3, 0.4) is 0 Å². The van der Waals surface area contributed by atoms with Crippen LogP contribution in [-0.4, -0.2) is 31.6 Å². The molecule has 1 rings (SSSR count). The fraction of sp³-hybridized carbons (Fsp3) is 0.750. The predicted octanol–water partition coefficient (Wildman–Crippen LogP) is 0.298. The van der Waals surface area contributed by atoms with E-state index in [0.717, 1.165) is 12.8 Å². The van der Waals surface area contributed by atoms with Crippen LogP contribution in [0.1, 0.15) is 19.3 Å². The van der Waals surface area contributed by atoms with Crippen molar-refractivity contribution in [3.63, 3.8) is 0 Å². The van der Waals surface area contributed by atoms with E-state index in [1.54, 1.807) is 0 Å². The van der Waals surface area contributed by atoms with E-state index in [0.29, 0.717) is 6.61 Å². The molecular formula is C8H12O4. The third-order valence-electron chi connectivity index (χ3n) is 1.84. The van der Waals surface area contributed by atoms with Crippen LogP contribution in [0.4, 0.5) is 0 Å². The van der Waals surface area contributed by atoms with Crippen LogP contribution in [0.25, 0.3) is 0 Å². The second kappa shape index (κ2) is 4.21. The number of Topliss-reactive ketones (excluding diaryl/α,β-unsaturated/α-hetero) is 1. The fourth-order valence-corrected chi connectivity index (χ4v) is 1.16. The molecule has 0 N–H and O–H groups in total. The van der Waals surface area contributed by atoms with Crippen LogP contribution in [0, 0.1) is 0 Å². The molecule has 0 aromatic rings. The summed E-state index contributed by atoms with van der Waals surface area (Å²) in [5, 5.41) is 0. The van der Waals surface area contributed by atoms with E-state index in [1.807, 2.05) is 0 Å². The van der Waals surface area contributed by atoms with Crippen LogP contribution in [0.15, 0.2) is 0 Å². The molecule has 0 bridgehead atoms. The lowest BCUT2D eigenvalue weighted by Gasteiger charge is -2.05. The minimum Gasteiger partial charge on any atom is -0.469 e. The molecule has 1 atom stereocenters. The number of rotatable bonds is 3. The van der Waals surface area contributed by atoms with Crippen molar-refractivity contribution in [1.82, 2.24) is 0 Å². The standard InChI is InChI=1S/C8H12O4/c1-11-8(10)5-6(9)7-3-2-4-12-7/h7H,2-5H2,1H3/t7-/m1/s1. The molecule has 1 aliphatic heterocycles. The van der Waals surface area contributed by atoms with Gasteiger partial charge >= 0.3 is 5.97 Å². The van der Waals surface area contributed by atoms with Gasteiger partial charge in [-0.1, -0.05) is 0 Å². The summed E-state index contributed by atoms with van der Waals surface area (Å²) in [4.78, 5) is 21.9. The lowest BCUT2D eigenvalue weighted by atomic mass is 10.1. The van der Waals surface area contributed by atoms with Gasteiger partial charge in [-0.25, -0.2) is 0 Å². The van der Waals surface area contributed by atoms with E-state index in [9.17, 15) is 9.59 Å². The Balaban J connectivity index is 2.32. The Hall–Kier alpha value is -0.900. The Bertz CT molecular complexity index is 181. The van der Waals surface area contributed by atoms with Crippen molar-refractivity contribution < 1.29 is 19.1 Å². The average molecular weight is 172 g/mol. The van der Waals surface area contributed by atoms with Crippen molar-refractivity contribution in [2.75, 3.05) is 13.7 Å². The molecule has 1 aliphatic rings. The number of ketones is 1. The van der Waals surface area contributed by atoms with Gasteiger partial charge in [0.05, 0.1) is 7.11 Å². The quantitative estimate of drug-likeness (QED) is 0.453. The topological polar surface area (TPSA) is 52.6 Å². The summed E-state index contributed by atoms with van der Waals surface area (Å²) in [5.41, 5.74) is 0. The minimum atomic E-state index is -0.490. The first-order valence-corrected chi connectivity index (χ1v) is 3.95. The smallest absolute Gasteiger partial charge is 0.313 e. The second-order valence-corrected chi connectivity index (χ2v) is 2.72. The molecule has 68 valence electrons. The molecule has 0 saturated carbocycles. The maximum atomic E-state index is 11.2. The normalized spacial score (nSPS) is 22.2. The Morgan fingerprint density at radius 3 is 2.83 bits per heavy atom. The van der Waals surface area contributed by atoms with E-state index in [4.69, 9.17) is 4.74 Å². The summed E-state index contributed by atoms with van der Waals surface area (Å²) in [6.07, 6.45) is 1.10. The molecule has 0 unspecified atom stereocenters. The van der Waals surface area contributed by atoms with Crippen LogP contribution >= 0.6 is 0 Å². The number of carbonyl (C=O) groups excluding carboxylic acids is 2. The monoisotopic (exact) mass is 172 g/mol. The van der Waals surface area contributed by atoms with Gasteiger partial charge in [0.1, 0.15) is 12.5 Å². The lowest BCUT2D eigenvalue weighted by Crippen LogP contribution is -2.22. The molecule has 0 radical (unpaired) electrons. The Kier molecular flexibility index (Phi) is 3.22. The molecule has 0 aromatic carbocycles. The molecule has 0 aromatic heterocycles.